The predicted octanol–water partition coefficient (Wildman–Crippen LogP) is 2.04. The van der Waals surface area contributed by atoms with Crippen molar-refractivity contribution in [2.75, 3.05) is 0 Å². The van der Waals surface area contributed by atoms with Gasteiger partial charge in [-0.1, -0.05) is 6.07 Å². The Bertz CT molecular complexity index is 384. The minimum atomic E-state index is -0.237. The number of nitrogens with zero attached hydrogens (tertiary/aromatic N) is 1. The minimum absolute atomic E-state index is 0.0123. The Morgan fingerprint density at radius 1 is 1.33 bits per heavy atom. The number of carbonyl (C=O) groups is 1. The molecule has 0 bridgehead atoms. The summed E-state index contributed by atoms with van der Waals surface area (Å²) in [6.07, 6.45) is 3.55. The number of amides is 1. The highest BCUT2D eigenvalue weighted by molar-refractivity contribution is 5.81. The lowest BCUT2D eigenvalue weighted by Gasteiger charge is -2.25. The van der Waals surface area contributed by atoms with E-state index in [1.807, 2.05) is 52.9 Å². The van der Waals surface area contributed by atoms with Crippen LogP contribution in [-0.4, -0.2) is 22.5 Å². The molecule has 0 saturated carbocycles. The van der Waals surface area contributed by atoms with Crippen molar-refractivity contribution in [3.63, 3.8) is 0 Å². The van der Waals surface area contributed by atoms with Gasteiger partial charge < -0.3 is 5.32 Å². The topological polar surface area (TPSA) is 54.0 Å². The molecule has 1 heterocycles. The summed E-state index contributed by atoms with van der Waals surface area (Å²) in [5.41, 5.74) is 0.873. The Morgan fingerprint density at radius 3 is 2.50 bits per heavy atom. The van der Waals surface area contributed by atoms with Crippen LogP contribution in [0.4, 0.5) is 0 Å². The number of pyridine rings is 1. The van der Waals surface area contributed by atoms with E-state index in [9.17, 15) is 4.79 Å². The van der Waals surface area contributed by atoms with Gasteiger partial charge >= 0.3 is 0 Å². The predicted molar refractivity (Wildman–Crippen MR) is 73.1 cm³/mol. The summed E-state index contributed by atoms with van der Waals surface area (Å²) < 4.78 is 0. The molecule has 1 aromatic heterocycles. The second kappa shape index (κ2) is 5.96. The van der Waals surface area contributed by atoms with E-state index in [0.717, 1.165) is 5.56 Å². The van der Waals surface area contributed by atoms with Crippen LogP contribution in [0.2, 0.25) is 0 Å². The van der Waals surface area contributed by atoms with Crippen LogP contribution in [0.15, 0.2) is 24.5 Å². The lowest BCUT2D eigenvalue weighted by Crippen LogP contribution is -2.49. The largest absolute Gasteiger partial charge is 0.350 e. The van der Waals surface area contributed by atoms with Gasteiger partial charge in [-0.05, 0) is 46.2 Å². The zero-order valence-corrected chi connectivity index (χ0v) is 11.8. The van der Waals surface area contributed by atoms with Crippen LogP contribution in [0.5, 0.6) is 0 Å². The van der Waals surface area contributed by atoms with Crippen molar-refractivity contribution < 1.29 is 4.79 Å². The van der Waals surface area contributed by atoms with Gasteiger partial charge in [-0.3, -0.25) is 15.1 Å². The molecule has 4 nitrogen and oxygen atoms in total. The van der Waals surface area contributed by atoms with Crippen molar-refractivity contribution in [1.82, 2.24) is 15.6 Å². The summed E-state index contributed by atoms with van der Waals surface area (Å²) in [6, 6.07) is 3.76. The monoisotopic (exact) mass is 249 g/mol. The lowest BCUT2D eigenvalue weighted by atomic mass is 10.1. The number of rotatable bonds is 4. The van der Waals surface area contributed by atoms with Crippen molar-refractivity contribution in [3.05, 3.63) is 30.1 Å². The maximum absolute atomic E-state index is 11.9. The van der Waals surface area contributed by atoms with E-state index in [0.29, 0.717) is 0 Å². The van der Waals surface area contributed by atoms with Crippen LogP contribution in [0, 0.1) is 0 Å². The molecule has 0 aliphatic rings. The normalized spacial score (nSPS) is 14.9. The Hall–Kier alpha value is -1.42. The molecule has 0 aliphatic heterocycles. The van der Waals surface area contributed by atoms with Gasteiger partial charge in [0.1, 0.15) is 0 Å². The van der Waals surface area contributed by atoms with Crippen molar-refractivity contribution in [2.24, 2.45) is 0 Å². The third-order valence-electron chi connectivity index (χ3n) is 2.58. The SMILES string of the molecule is CC(NC(C)c1cccnc1)C(=O)NC(C)(C)C. The summed E-state index contributed by atoms with van der Waals surface area (Å²) in [6.45, 7) is 9.82. The average molecular weight is 249 g/mol. The number of nitrogens with one attached hydrogen (secondary N) is 2. The first-order chi connectivity index (χ1) is 8.29. The fourth-order valence-corrected chi connectivity index (χ4v) is 1.66. The molecule has 0 radical (unpaired) electrons. The van der Waals surface area contributed by atoms with Crippen molar-refractivity contribution in [1.29, 1.82) is 0 Å². The van der Waals surface area contributed by atoms with Gasteiger partial charge in [0.25, 0.3) is 0 Å². The second-order valence-corrected chi connectivity index (χ2v) is 5.64. The van der Waals surface area contributed by atoms with Crippen molar-refractivity contribution in [2.45, 2.75) is 52.2 Å². The first-order valence-electron chi connectivity index (χ1n) is 6.27. The molecular weight excluding hydrogens is 226 g/mol. The zero-order valence-electron chi connectivity index (χ0n) is 11.8. The van der Waals surface area contributed by atoms with Crippen molar-refractivity contribution >= 4 is 5.91 Å². The maximum atomic E-state index is 11.9. The van der Waals surface area contributed by atoms with E-state index in [1.54, 1.807) is 6.20 Å². The van der Waals surface area contributed by atoms with Crippen LogP contribution < -0.4 is 10.6 Å². The lowest BCUT2D eigenvalue weighted by molar-refractivity contribution is -0.124. The third-order valence-corrected chi connectivity index (χ3v) is 2.58. The van der Waals surface area contributed by atoms with Crippen molar-refractivity contribution in [3.8, 4) is 0 Å². The molecule has 0 spiro atoms. The Balaban J connectivity index is 2.55. The van der Waals surface area contributed by atoms with Gasteiger partial charge in [0.2, 0.25) is 5.91 Å². The summed E-state index contributed by atoms with van der Waals surface area (Å²) in [7, 11) is 0. The van der Waals surface area contributed by atoms with E-state index < -0.39 is 0 Å². The van der Waals surface area contributed by atoms with Gasteiger partial charge in [0, 0.05) is 24.0 Å². The maximum Gasteiger partial charge on any atom is 0.237 e. The fourth-order valence-electron chi connectivity index (χ4n) is 1.66. The van der Waals surface area contributed by atoms with Crippen LogP contribution in [0.3, 0.4) is 0 Å². The molecule has 0 saturated heterocycles. The second-order valence-electron chi connectivity index (χ2n) is 5.64. The summed E-state index contributed by atoms with van der Waals surface area (Å²) in [5, 5.41) is 6.23. The highest BCUT2D eigenvalue weighted by Crippen LogP contribution is 2.11. The van der Waals surface area contributed by atoms with Crippen LogP contribution in [-0.2, 0) is 4.79 Å². The summed E-state index contributed by atoms with van der Waals surface area (Å²) >= 11 is 0. The van der Waals surface area contributed by atoms with Gasteiger partial charge in [-0.15, -0.1) is 0 Å². The molecule has 1 amide bonds. The minimum Gasteiger partial charge on any atom is -0.350 e. The third kappa shape index (κ3) is 4.84. The molecule has 1 rings (SSSR count). The number of aromatic nitrogens is 1. The van der Waals surface area contributed by atoms with E-state index >= 15 is 0 Å². The summed E-state index contributed by atoms with van der Waals surface area (Å²) in [4.78, 5) is 16.0. The molecule has 1 aromatic rings. The quantitative estimate of drug-likeness (QED) is 0.858. The van der Waals surface area contributed by atoms with E-state index in [-0.39, 0.29) is 23.5 Å². The highest BCUT2D eigenvalue weighted by atomic mass is 16.2. The molecule has 100 valence electrons. The molecule has 2 N–H and O–H groups in total. The van der Waals surface area contributed by atoms with Gasteiger partial charge in [0.15, 0.2) is 0 Å². The van der Waals surface area contributed by atoms with E-state index in [2.05, 4.69) is 15.6 Å². The van der Waals surface area contributed by atoms with Gasteiger partial charge in [-0.2, -0.15) is 0 Å². The molecule has 4 heteroatoms. The standard InChI is InChI=1S/C14H23N3O/c1-10(12-7-6-8-15-9-12)16-11(2)13(18)17-14(3,4)5/h6-11,16H,1-5H3,(H,17,18). The van der Waals surface area contributed by atoms with Crippen LogP contribution in [0.25, 0.3) is 0 Å². The molecular formula is C14H23N3O. The highest BCUT2D eigenvalue weighted by Gasteiger charge is 2.20. The zero-order chi connectivity index (χ0) is 13.8. The Labute approximate surface area is 109 Å². The fraction of sp³-hybridized carbons (Fsp3) is 0.571. The van der Waals surface area contributed by atoms with Crippen LogP contribution >= 0.6 is 0 Å². The number of carbonyl (C=O) groups excluding carboxylic acids is 1. The summed E-state index contributed by atoms with van der Waals surface area (Å²) in [5.74, 6) is 0.0123. The molecule has 0 fully saturated rings. The van der Waals surface area contributed by atoms with E-state index in [1.165, 1.54) is 0 Å². The van der Waals surface area contributed by atoms with Crippen LogP contribution in [0.1, 0.15) is 46.2 Å². The molecule has 2 unspecified atom stereocenters. The first-order valence-corrected chi connectivity index (χ1v) is 6.27. The van der Waals surface area contributed by atoms with Gasteiger partial charge in [-0.25, -0.2) is 0 Å². The Morgan fingerprint density at radius 2 is 2.00 bits per heavy atom. The molecule has 0 aromatic carbocycles. The Kier molecular flexibility index (Phi) is 4.84. The van der Waals surface area contributed by atoms with Gasteiger partial charge in [0.05, 0.1) is 6.04 Å². The van der Waals surface area contributed by atoms with E-state index in [4.69, 9.17) is 0 Å². The number of hydrogen-bond donors (Lipinski definition) is 2. The number of hydrogen-bond acceptors (Lipinski definition) is 3. The molecule has 2 atom stereocenters. The smallest absolute Gasteiger partial charge is 0.237 e. The first kappa shape index (κ1) is 14.6. The molecule has 0 aliphatic carbocycles. The average Bonchev–Trinajstić information content (AvgIpc) is 2.27. The molecule has 18 heavy (non-hydrogen) atoms.